The molecule has 1 aliphatic heterocycles. The summed E-state index contributed by atoms with van der Waals surface area (Å²) in [5.41, 5.74) is 1.44. The average Bonchev–Trinajstić information content (AvgIpc) is 2.71. The molecule has 6 nitrogen and oxygen atoms in total. The summed E-state index contributed by atoms with van der Waals surface area (Å²) >= 11 is 6.11. The number of halogens is 1. The van der Waals surface area contributed by atoms with Gasteiger partial charge in [0.2, 0.25) is 10.0 Å². The fourth-order valence-corrected chi connectivity index (χ4v) is 4.93. The van der Waals surface area contributed by atoms with Crippen LogP contribution in [-0.4, -0.2) is 38.8 Å². The summed E-state index contributed by atoms with van der Waals surface area (Å²) in [6.07, 6.45) is 2.72. The van der Waals surface area contributed by atoms with Gasteiger partial charge >= 0.3 is 0 Å². The number of benzene rings is 2. The van der Waals surface area contributed by atoms with E-state index < -0.39 is 15.9 Å². The van der Waals surface area contributed by atoms with E-state index in [4.69, 9.17) is 16.3 Å². The van der Waals surface area contributed by atoms with Gasteiger partial charge in [-0.15, -0.1) is 0 Å². The maximum absolute atomic E-state index is 13.0. The van der Waals surface area contributed by atoms with Crippen molar-refractivity contribution >= 4 is 33.2 Å². The second kappa shape index (κ2) is 8.51. The van der Waals surface area contributed by atoms with E-state index in [1.165, 1.54) is 29.6 Å². The number of anilines is 1. The zero-order valence-electron chi connectivity index (χ0n) is 15.9. The second-order valence-corrected chi connectivity index (χ2v) is 9.04. The molecule has 2 aromatic rings. The van der Waals surface area contributed by atoms with Crippen LogP contribution in [0.5, 0.6) is 5.75 Å². The maximum atomic E-state index is 13.0. The minimum absolute atomic E-state index is 0.0863. The molecule has 1 N–H and O–H groups in total. The molecule has 1 saturated heterocycles. The largest absolute Gasteiger partial charge is 0.496 e. The van der Waals surface area contributed by atoms with Crippen molar-refractivity contribution in [1.29, 1.82) is 0 Å². The first-order valence-corrected chi connectivity index (χ1v) is 10.9. The highest BCUT2D eigenvalue weighted by molar-refractivity contribution is 7.89. The first-order valence-electron chi connectivity index (χ1n) is 9.09. The minimum atomic E-state index is -3.65. The number of amides is 1. The molecule has 0 spiro atoms. The van der Waals surface area contributed by atoms with Gasteiger partial charge in [0.15, 0.2) is 0 Å². The number of sulfonamides is 1. The van der Waals surface area contributed by atoms with E-state index in [2.05, 4.69) is 5.32 Å². The Hall–Kier alpha value is -2.09. The monoisotopic (exact) mass is 422 g/mol. The van der Waals surface area contributed by atoms with Crippen LogP contribution in [0.4, 0.5) is 5.69 Å². The van der Waals surface area contributed by atoms with E-state index >= 15 is 0 Å². The van der Waals surface area contributed by atoms with Gasteiger partial charge in [-0.2, -0.15) is 4.31 Å². The lowest BCUT2D eigenvalue weighted by Gasteiger charge is -2.26. The molecule has 3 rings (SSSR count). The smallest absolute Gasteiger partial charge is 0.259 e. The summed E-state index contributed by atoms with van der Waals surface area (Å²) < 4.78 is 32.7. The molecule has 8 heteroatoms. The second-order valence-electron chi connectivity index (χ2n) is 6.69. The first kappa shape index (κ1) is 20.6. The highest BCUT2D eigenvalue weighted by Crippen LogP contribution is 2.28. The number of nitrogens with one attached hydrogen (secondary N) is 1. The zero-order valence-corrected chi connectivity index (χ0v) is 17.4. The lowest BCUT2D eigenvalue weighted by atomic mass is 10.1. The van der Waals surface area contributed by atoms with Crippen molar-refractivity contribution in [2.75, 3.05) is 25.5 Å². The van der Waals surface area contributed by atoms with Crippen LogP contribution in [0.25, 0.3) is 0 Å². The van der Waals surface area contributed by atoms with E-state index in [9.17, 15) is 13.2 Å². The van der Waals surface area contributed by atoms with E-state index in [0.717, 1.165) is 24.8 Å². The van der Waals surface area contributed by atoms with E-state index in [-0.39, 0.29) is 10.5 Å². The molecular formula is C20H23ClN2O4S. The average molecular weight is 423 g/mol. The Bertz CT molecular complexity index is 986. The molecule has 1 fully saturated rings. The summed E-state index contributed by atoms with van der Waals surface area (Å²) in [7, 11) is -2.21. The van der Waals surface area contributed by atoms with Crippen molar-refractivity contribution in [2.45, 2.75) is 31.1 Å². The van der Waals surface area contributed by atoms with E-state index in [1.54, 1.807) is 25.1 Å². The molecule has 0 radical (unpaired) electrons. The molecule has 0 unspecified atom stereocenters. The Kier molecular flexibility index (Phi) is 6.27. The molecule has 1 aliphatic rings. The van der Waals surface area contributed by atoms with E-state index in [1.807, 2.05) is 0 Å². The van der Waals surface area contributed by atoms with Gasteiger partial charge in [0.05, 0.1) is 17.6 Å². The third-order valence-corrected chi connectivity index (χ3v) is 7.19. The highest BCUT2D eigenvalue weighted by Gasteiger charge is 2.27. The topological polar surface area (TPSA) is 75.7 Å². The van der Waals surface area contributed by atoms with Crippen molar-refractivity contribution < 1.29 is 17.9 Å². The molecule has 150 valence electrons. The molecule has 2 aromatic carbocycles. The number of rotatable bonds is 5. The summed E-state index contributed by atoms with van der Waals surface area (Å²) in [4.78, 5) is 13.0. The molecule has 1 amide bonds. The number of nitrogens with zero attached hydrogens (tertiary/aromatic N) is 1. The molecule has 0 aliphatic carbocycles. The molecule has 0 atom stereocenters. The number of hydrogen-bond donors (Lipinski definition) is 1. The molecule has 0 saturated carbocycles. The minimum Gasteiger partial charge on any atom is -0.496 e. The molecular weight excluding hydrogens is 400 g/mol. The highest BCUT2D eigenvalue weighted by atomic mass is 35.5. The van der Waals surface area contributed by atoms with Gasteiger partial charge < -0.3 is 10.1 Å². The molecule has 0 aromatic heterocycles. The summed E-state index contributed by atoms with van der Waals surface area (Å²) in [6, 6.07) is 9.57. The lowest BCUT2D eigenvalue weighted by Crippen LogP contribution is -2.35. The Morgan fingerprint density at radius 1 is 1.14 bits per heavy atom. The van der Waals surface area contributed by atoms with Crippen LogP contribution in [0, 0.1) is 6.92 Å². The summed E-state index contributed by atoms with van der Waals surface area (Å²) in [5, 5.41) is 3.32. The number of carbonyl (C=O) groups excluding carboxylic acids is 1. The Balaban J connectivity index is 1.94. The number of hydrogen-bond acceptors (Lipinski definition) is 4. The van der Waals surface area contributed by atoms with Crippen molar-refractivity contribution in [3.05, 3.63) is 52.5 Å². The summed E-state index contributed by atoms with van der Waals surface area (Å²) in [6.45, 7) is 2.79. The van der Waals surface area contributed by atoms with Gasteiger partial charge in [0, 0.05) is 23.8 Å². The standard InChI is InChI=1S/C20H23ClN2O4S/c1-14-17(21)7-6-8-18(14)22-20(24)16-13-15(9-10-19(16)27-2)28(25,26)23-11-4-3-5-12-23/h6-10,13H,3-5,11-12H2,1-2H3,(H,22,24). The van der Waals surface area contributed by atoms with Gasteiger partial charge in [-0.05, 0) is 55.7 Å². The van der Waals surface area contributed by atoms with Crippen LogP contribution in [0.1, 0.15) is 35.2 Å². The number of piperidine rings is 1. The van der Waals surface area contributed by atoms with Gasteiger partial charge in [-0.3, -0.25) is 4.79 Å². The number of methoxy groups -OCH3 is 1. The number of carbonyl (C=O) groups is 1. The van der Waals surface area contributed by atoms with Crippen LogP contribution in [0.2, 0.25) is 5.02 Å². The maximum Gasteiger partial charge on any atom is 0.259 e. The van der Waals surface area contributed by atoms with Gasteiger partial charge in [-0.25, -0.2) is 8.42 Å². The van der Waals surface area contributed by atoms with Crippen LogP contribution < -0.4 is 10.1 Å². The number of ether oxygens (including phenoxy) is 1. The predicted octanol–water partition coefficient (Wildman–Crippen LogP) is 4.08. The first-order chi connectivity index (χ1) is 13.3. The normalized spacial score (nSPS) is 15.2. The SMILES string of the molecule is COc1ccc(S(=O)(=O)N2CCCCC2)cc1C(=O)Nc1cccc(Cl)c1C. The molecule has 28 heavy (non-hydrogen) atoms. The Morgan fingerprint density at radius 2 is 1.86 bits per heavy atom. The van der Waals surface area contributed by atoms with Crippen LogP contribution in [0.3, 0.4) is 0 Å². The predicted molar refractivity (Wildman–Crippen MR) is 110 cm³/mol. The molecule has 1 heterocycles. The van der Waals surface area contributed by atoms with Gasteiger partial charge in [0.1, 0.15) is 5.75 Å². The summed E-state index contributed by atoms with van der Waals surface area (Å²) in [5.74, 6) is -0.160. The van der Waals surface area contributed by atoms with Crippen LogP contribution in [-0.2, 0) is 10.0 Å². The fraction of sp³-hybridized carbons (Fsp3) is 0.350. The molecule has 0 bridgehead atoms. The third kappa shape index (κ3) is 4.16. The Labute approximate surface area is 170 Å². The van der Waals surface area contributed by atoms with Crippen molar-refractivity contribution in [2.24, 2.45) is 0 Å². The van der Waals surface area contributed by atoms with Crippen LogP contribution in [0.15, 0.2) is 41.3 Å². The fourth-order valence-electron chi connectivity index (χ4n) is 3.21. The van der Waals surface area contributed by atoms with Crippen molar-refractivity contribution in [3.8, 4) is 5.75 Å². The van der Waals surface area contributed by atoms with Crippen molar-refractivity contribution in [1.82, 2.24) is 4.31 Å². The van der Waals surface area contributed by atoms with Gasteiger partial charge in [0.25, 0.3) is 5.91 Å². The quantitative estimate of drug-likeness (QED) is 0.787. The zero-order chi connectivity index (χ0) is 20.3. The third-order valence-electron chi connectivity index (χ3n) is 4.88. The van der Waals surface area contributed by atoms with Crippen LogP contribution >= 0.6 is 11.6 Å². The van der Waals surface area contributed by atoms with E-state index in [0.29, 0.717) is 29.5 Å². The lowest BCUT2D eigenvalue weighted by molar-refractivity contribution is 0.102. The van der Waals surface area contributed by atoms with Gasteiger partial charge in [-0.1, -0.05) is 24.1 Å². The van der Waals surface area contributed by atoms with Crippen molar-refractivity contribution in [3.63, 3.8) is 0 Å². The Morgan fingerprint density at radius 3 is 2.54 bits per heavy atom.